The molecule has 0 amide bonds. The second-order valence-electron chi connectivity index (χ2n) is 5.24. The summed E-state index contributed by atoms with van der Waals surface area (Å²) in [6.07, 6.45) is -0.122. The van der Waals surface area contributed by atoms with E-state index in [0.717, 1.165) is 27.7 Å². The molecule has 0 saturated heterocycles. The minimum Gasteiger partial charge on any atom is -0.355 e. The van der Waals surface area contributed by atoms with Crippen molar-refractivity contribution in [3.63, 3.8) is 0 Å². The summed E-state index contributed by atoms with van der Waals surface area (Å²) in [6.45, 7) is 0. The Balaban J connectivity index is 1.66. The second kappa shape index (κ2) is 5.45. The van der Waals surface area contributed by atoms with Gasteiger partial charge in [-0.25, -0.2) is 0 Å². The highest BCUT2D eigenvalue weighted by atomic mass is 15.0. The first kappa shape index (κ1) is 12.8. The third-order valence-electron chi connectivity index (χ3n) is 3.66. The molecule has 0 spiro atoms. The van der Waals surface area contributed by atoms with Gasteiger partial charge < -0.3 is 5.32 Å². The highest BCUT2D eigenvalue weighted by Crippen LogP contribution is 2.19. The zero-order valence-electron chi connectivity index (χ0n) is 12.0. The van der Waals surface area contributed by atoms with E-state index in [4.69, 9.17) is 4.99 Å². The van der Waals surface area contributed by atoms with E-state index in [1.807, 2.05) is 60.7 Å². The lowest BCUT2D eigenvalue weighted by atomic mass is 10.2. The van der Waals surface area contributed by atoms with Gasteiger partial charge in [0.2, 0.25) is 0 Å². The molecular weight excluding hydrogens is 270 g/mol. The van der Waals surface area contributed by atoms with Crippen LogP contribution < -0.4 is 16.0 Å². The number of fused-ring (bicyclic) bond motifs is 1. The maximum absolute atomic E-state index is 4.72. The molecule has 1 aliphatic heterocycles. The number of anilines is 2. The van der Waals surface area contributed by atoms with E-state index < -0.39 is 0 Å². The quantitative estimate of drug-likeness (QED) is 0.787. The summed E-state index contributed by atoms with van der Waals surface area (Å²) in [7, 11) is 0. The van der Waals surface area contributed by atoms with Crippen molar-refractivity contribution in [3.05, 3.63) is 95.1 Å². The van der Waals surface area contributed by atoms with Crippen LogP contribution in [-0.4, -0.2) is 0 Å². The van der Waals surface area contributed by atoms with E-state index >= 15 is 0 Å². The molecule has 1 unspecified atom stereocenters. The van der Waals surface area contributed by atoms with E-state index in [0.29, 0.717) is 0 Å². The van der Waals surface area contributed by atoms with Crippen molar-refractivity contribution in [3.8, 4) is 0 Å². The summed E-state index contributed by atoms with van der Waals surface area (Å²) in [4.78, 5) is 9.39. The molecule has 0 bridgehead atoms. The molecule has 0 fully saturated rings. The van der Waals surface area contributed by atoms with Crippen molar-refractivity contribution >= 4 is 11.4 Å². The van der Waals surface area contributed by atoms with Crippen molar-refractivity contribution in [2.45, 2.75) is 6.17 Å². The molecule has 22 heavy (non-hydrogen) atoms. The Hall–Kier alpha value is -2.94. The Morgan fingerprint density at radius 3 is 2.09 bits per heavy atom. The van der Waals surface area contributed by atoms with Crippen LogP contribution in [-0.2, 0) is 0 Å². The first-order chi connectivity index (χ1) is 10.9. The van der Waals surface area contributed by atoms with Crippen LogP contribution in [0.25, 0.3) is 0 Å². The van der Waals surface area contributed by atoms with Crippen LogP contribution >= 0.6 is 0 Å². The number of para-hydroxylation sites is 1. The van der Waals surface area contributed by atoms with Crippen molar-refractivity contribution in [2.24, 2.45) is 9.98 Å². The highest BCUT2D eigenvalue weighted by molar-refractivity contribution is 5.58. The zero-order valence-corrected chi connectivity index (χ0v) is 12.0. The fraction of sp³-hybridized carbons (Fsp3) is 0.0526. The lowest BCUT2D eigenvalue weighted by molar-refractivity contribution is 0.771. The van der Waals surface area contributed by atoms with Gasteiger partial charge in [0.25, 0.3) is 0 Å². The SMILES string of the molecule is c1ccc(Nc2ccc3c(c2)=NC(c2ccccc2)N=3)cc1. The van der Waals surface area contributed by atoms with E-state index in [1.54, 1.807) is 0 Å². The molecule has 106 valence electrons. The van der Waals surface area contributed by atoms with Gasteiger partial charge in [0.05, 0.1) is 10.7 Å². The van der Waals surface area contributed by atoms with Gasteiger partial charge in [-0.1, -0.05) is 48.5 Å². The largest absolute Gasteiger partial charge is 0.355 e. The van der Waals surface area contributed by atoms with Crippen LogP contribution in [0.5, 0.6) is 0 Å². The normalized spacial score (nSPS) is 15.5. The molecule has 3 nitrogen and oxygen atoms in total. The van der Waals surface area contributed by atoms with Crippen LogP contribution in [0.4, 0.5) is 11.4 Å². The van der Waals surface area contributed by atoms with Gasteiger partial charge in [0, 0.05) is 11.4 Å². The summed E-state index contributed by atoms with van der Waals surface area (Å²) in [5, 5.41) is 5.28. The summed E-state index contributed by atoms with van der Waals surface area (Å²) >= 11 is 0. The summed E-state index contributed by atoms with van der Waals surface area (Å²) in [5.74, 6) is 0. The molecule has 3 aromatic carbocycles. The third-order valence-corrected chi connectivity index (χ3v) is 3.66. The minimum atomic E-state index is -0.122. The second-order valence-corrected chi connectivity index (χ2v) is 5.24. The number of benzene rings is 3. The first-order valence-electron chi connectivity index (χ1n) is 7.31. The summed E-state index contributed by atoms with van der Waals surface area (Å²) in [5.41, 5.74) is 3.21. The van der Waals surface area contributed by atoms with Crippen LogP contribution in [0.15, 0.2) is 88.8 Å². The van der Waals surface area contributed by atoms with Crippen molar-refractivity contribution < 1.29 is 0 Å². The van der Waals surface area contributed by atoms with Gasteiger partial charge in [0.1, 0.15) is 0 Å². The van der Waals surface area contributed by atoms with E-state index in [9.17, 15) is 0 Å². The fourth-order valence-corrected chi connectivity index (χ4v) is 2.57. The molecule has 1 N–H and O–H groups in total. The number of nitrogens with one attached hydrogen (secondary N) is 1. The number of nitrogens with zero attached hydrogens (tertiary/aromatic N) is 2. The maximum atomic E-state index is 4.72. The van der Waals surface area contributed by atoms with E-state index in [2.05, 4.69) is 28.5 Å². The average molecular weight is 285 g/mol. The molecule has 1 heterocycles. The van der Waals surface area contributed by atoms with Gasteiger partial charge in [0.15, 0.2) is 6.17 Å². The van der Waals surface area contributed by atoms with Gasteiger partial charge in [-0.05, 0) is 35.9 Å². The van der Waals surface area contributed by atoms with Gasteiger partial charge >= 0.3 is 0 Å². The Kier molecular flexibility index (Phi) is 3.16. The molecule has 0 saturated carbocycles. The third kappa shape index (κ3) is 2.49. The first-order valence-corrected chi connectivity index (χ1v) is 7.31. The number of hydrogen-bond donors (Lipinski definition) is 1. The van der Waals surface area contributed by atoms with Crippen LogP contribution in [0, 0.1) is 0 Å². The topological polar surface area (TPSA) is 36.8 Å². The summed E-state index contributed by atoms with van der Waals surface area (Å²) < 4.78 is 0. The smallest absolute Gasteiger partial charge is 0.166 e. The van der Waals surface area contributed by atoms with Gasteiger partial charge in [-0.15, -0.1) is 0 Å². The molecule has 3 aromatic rings. The minimum absolute atomic E-state index is 0.122. The lowest BCUT2D eigenvalue weighted by Crippen LogP contribution is -2.21. The van der Waals surface area contributed by atoms with Gasteiger partial charge in [-0.2, -0.15) is 0 Å². The molecule has 1 atom stereocenters. The Bertz CT molecular complexity index is 902. The molecule has 0 radical (unpaired) electrons. The number of hydrogen-bond acceptors (Lipinski definition) is 3. The van der Waals surface area contributed by atoms with Gasteiger partial charge in [-0.3, -0.25) is 9.98 Å². The Morgan fingerprint density at radius 1 is 0.636 bits per heavy atom. The summed E-state index contributed by atoms with van der Waals surface area (Å²) in [6, 6.07) is 26.4. The molecule has 0 aliphatic carbocycles. The predicted molar refractivity (Wildman–Crippen MR) is 87.7 cm³/mol. The number of rotatable bonds is 3. The molecule has 3 heteroatoms. The van der Waals surface area contributed by atoms with Crippen molar-refractivity contribution in [2.75, 3.05) is 5.32 Å². The standard InChI is InChI=1S/C19H15N3/c1-3-7-14(8-4-1)19-21-17-12-11-16(13-18(17)22-19)20-15-9-5-2-6-10-15/h1-13,19-20H. The zero-order chi connectivity index (χ0) is 14.8. The van der Waals surface area contributed by atoms with Crippen LogP contribution in [0.2, 0.25) is 0 Å². The molecule has 4 rings (SSSR count). The highest BCUT2D eigenvalue weighted by Gasteiger charge is 2.12. The van der Waals surface area contributed by atoms with E-state index in [-0.39, 0.29) is 6.17 Å². The molecule has 1 aliphatic rings. The molecular formula is C19H15N3. The Morgan fingerprint density at radius 2 is 1.32 bits per heavy atom. The van der Waals surface area contributed by atoms with Crippen molar-refractivity contribution in [1.29, 1.82) is 0 Å². The Labute approximate surface area is 128 Å². The fourth-order valence-electron chi connectivity index (χ4n) is 2.57. The average Bonchev–Trinajstić information content (AvgIpc) is 3.00. The van der Waals surface area contributed by atoms with E-state index in [1.165, 1.54) is 0 Å². The van der Waals surface area contributed by atoms with Crippen LogP contribution in [0.3, 0.4) is 0 Å². The lowest BCUT2D eigenvalue weighted by Gasteiger charge is -2.04. The predicted octanol–water partition coefficient (Wildman–Crippen LogP) is 3.38. The monoisotopic (exact) mass is 285 g/mol. The van der Waals surface area contributed by atoms with Crippen LogP contribution in [0.1, 0.15) is 11.7 Å². The van der Waals surface area contributed by atoms with Crippen molar-refractivity contribution in [1.82, 2.24) is 0 Å². The molecule has 0 aromatic heterocycles. The maximum Gasteiger partial charge on any atom is 0.166 e.